The van der Waals surface area contributed by atoms with Crippen LogP contribution in [0.5, 0.6) is 5.75 Å². The maximum Gasteiger partial charge on any atom is 0.119 e. The molecule has 4 nitrogen and oxygen atoms in total. The molecule has 4 heteroatoms. The maximum absolute atomic E-state index is 9.57. The fraction of sp³-hybridized carbons (Fsp3) is 0.600. The van der Waals surface area contributed by atoms with Crippen molar-refractivity contribution < 1.29 is 9.84 Å². The highest BCUT2D eigenvalue weighted by molar-refractivity contribution is 5.50. The van der Waals surface area contributed by atoms with Crippen molar-refractivity contribution in [1.29, 1.82) is 0 Å². The molecule has 2 atom stereocenters. The largest absolute Gasteiger partial charge is 0.494 e. The first kappa shape index (κ1) is 14.2. The molecule has 1 aromatic carbocycles. The van der Waals surface area contributed by atoms with Crippen molar-refractivity contribution in [2.75, 3.05) is 31.2 Å². The zero-order valence-corrected chi connectivity index (χ0v) is 11.8. The standard InChI is InChI=1S/C15H24N2O2/c1-3-19-15-6-4-13(5-7-15)17-9-8-12(2)16-10-14(17)11-18/h4-7,12,14,16,18H,3,8-11H2,1-2H3. The van der Waals surface area contributed by atoms with E-state index in [1.807, 2.05) is 19.1 Å². The summed E-state index contributed by atoms with van der Waals surface area (Å²) >= 11 is 0. The van der Waals surface area contributed by atoms with Crippen LogP contribution in [-0.2, 0) is 0 Å². The lowest BCUT2D eigenvalue weighted by atomic mass is 10.2. The van der Waals surface area contributed by atoms with Crippen LogP contribution in [0.3, 0.4) is 0 Å². The van der Waals surface area contributed by atoms with Crippen molar-refractivity contribution >= 4 is 5.69 Å². The van der Waals surface area contributed by atoms with Crippen LogP contribution < -0.4 is 15.0 Å². The molecule has 1 heterocycles. The van der Waals surface area contributed by atoms with E-state index < -0.39 is 0 Å². The van der Waals surface area contributed by atoms with Gasteiger partial charge in [0.2, 0.25) is 0 Å². The molecule has 1 fully saturated rings. The average molecular weight is 264 g/mol. The number of ether oxygens (including phenoxy) is 1. The van der Waals surface area contributed by atoms with E-state index in [-0.39, 0.29) is 12.6 Å². The minimum Gasteiger partial charge on any atom is -0.494 e. The Morgan fingerprint density at radius 2 is 2.11 bits per heavy atom. The molecule has 0 aromatic heterocycles. The van der Waals surface area contributed by atoms with Crippen molar-refractivity contribution in [3.05, 3.63) is 24.3 Å². The minimum atomic E-state index is 0.142. The summed E-state index contributed by atoms with van der Waals surface area (Å²) in [6.07, 6.45) is 1.09. The Hall–Kier alpha value is -1.26. The molecular weight excluding hydrogens is 240 g/mol. The van der Waals surface area contributed by atoms with Gasteiger partial charge in [0.25, 0.3) is 0 Å². The lowest BCUT2D eigenvalue weighted by Crippen LogP contribution is -2.42. The van der Waals surface area contributed by atoms with E-state index in [0.29, 0.717) is 12.6 Å². The molecule has 0 saturated carbocycles. The van der Waals surface area contributed by atoms with Gasteiger partial charge in [-0.25, -0.2) is 0 Å². The van der Waals surface area contributed by atoms with Crippen LogP contribution >= 0.6 is 0 Å². The van der Waals surface area contributed by atoms with Gasteiger partial charge < -0.3 is 20.1 Å². The predicted octanol–water partition coefficient (Wildman–Crippen LogP) is 1.63. The molecule has 0 spiro atoms. The highest BCUT2D eigenvalue weighted by Gasteiger charge is 2.22. The van der Waals surface area contributed by atoms with Crippen molar-refractivity contribution in [2.45, 2.75) is 32.4 Å². The second kappa shape index (κ2) is 6.78. The van der Waals surface area contributed by atoms with Gasteiger partial charge in [-0.3, -0.25) is 0 Å². The van der Waals surface area contributed by atoms with Gasteiger partial charge in [0, 0.05) is 24.8 Å². The molecule has 0 aliphatic carbocycles. The molecule has 2 rings (SSSR count). The van der Waals surface area contributed by atoms with Crippen LogP contribution in [0.15, 0.2) is 24.3 Å². The van der Waals surface area contributed by atoms with Crippen molar-refractivity contribution in [3.63, 3.8) is 0 Å². The van der Waals surface area contributed by atoms with Crippen LogP contribution in [0.1, 0.15) is 20.3 Å². The summed E-state index contributed by atoms with van der Waals surface area (Å²) in [4.78, 5) is 2.28. The lowest BCUT2D eigenvalue weighted by molar-refractivity contribution is 0.259. The zero-order valence-electron chi connectivity index (χ0n) is 11.8. The highest BCUT2D eigenvalue weighted by Crippen LogP contribution is 2.23. The minimum absolute atomic E-state index is 0.142. The predicted molar refractivity (Wildman–Crippen MR) is 77.9 cm³/mol. The quantitative estimate of drug-likeness (QED) is 0.867. The topological polar surface area (TPSA) is 44.7 Å². The number of aliphatic hydroxyl groups is 1. The Balaban J connectivity index is 2.12. The third kappa shape index (κ3) is 3.61. The van der Waals surface area contributed by atoms with Crippen LogP contribution in [0.25, 0.3) is 0 Å². The molecule has 2 N–H and O–H groups in total. The van der Waals surface area contributed by atoms with E-state index in [9.17, 15) is 5.11 Å². The highest BCUT2D eigenvalue weighted by atomic mass is 16.5. The first-order chi connectivity index (χ1) is 9.24. The van der Waals surface area contributed by atoms with Crippen LogP contribution in [0.4, 0.5) is 5.69 Å². The van der Waals surface area contributed by atoms with Gasteiger partial charge in [0.05, 0.1) is 19.3 Å². The van der Waals surface area contributed by atoms with Crippen LogP contribution in [-0.4, -0.2) is 43.5 Å². The number of nitrogens with one attached hydrogen (secondary N) is 1. The SMILES string of the molecule is CCOc1ccc(N2CCC(C)NCC2CO)cc1. The number of anilines is 1. The molecule has 1 aliphatic rings. The number of nitrogens with zero attached hydrogens (tertiary/aromatic N) is 1. The molecule has 2 unspecified atom stereocenters. The summed E-state index contributed by atoms with van der Waals surface area (Å²) < 4.78 is 5.46. The number of hydrogen-bond acceptors (Lipinski definition) is 4. The number of rotatable bonds is 4. The third-order valence-electron chi connectivity index (χ3n) is 3.64. The van der Waals surface area contributed by atoms with E-state index in [0.717, 1.165) is 30.9 Å². The van der Waals surface area contributed by atoms with Gasteiger partial charge in [-0.1, -0.05) is 0 Å². The maximum atomic E-state index is 9.57. The molecule has 0 radical (unpaired) electrons. The Bertz CT molecular complexity index is 380. The summed E-state index contributed by atoms with van der Waals surface area (Å²) in [6.45, 7) is 6.82. The fourth-order valence-electron chi connectivity index (χ4n) is 2.47. The van der Waals surface area contributed by atoms with Gasteiger partial charge in [0.15, 0.2) is 0 Å². The molecule has 19 heavy (non-hydrogen) atoms. The molecule has 0 bridgehead atoms. The number of hydrogen-bond donors (Lipinski definition) is 2. The van der Waals surface area contributed by atoms with Crippen molar-refractivity contribution in [1.82, 2.24) is 5.32 Å². The second-order valence-corrected chi connectivity index (χ2v) is 5.05. The van der Waals surface area contributed by atoms with Crippen LogP contribution in [0, 0.1) is 0 Å². The fourth-order valence-corrected chi connectivity index (χ4v) is 2.47. The number of benzene rings is 1. The van der Waals surface area contributed by atoms with Crippen LogP contribution in [0.2, 0.25) is 0 Å². The summed E-state index contributed by atoms with van der Waals surface area (Å²) in [5, 5.41) is 13.0. The Kier molecular flexibility index (Phi) is 5.05. The van der Waals surface area contributed by atoms with Gasteiger partial charge >= 0.3 is 0 Å². The van der Waals surface area contributed by atoms with Crippen molar-refractivity contribution in [3.8, 4) is 5.75 Å². The molecule has 0 amide bonds. The summed E-state index contributed by atoms with van der Waals surface area (Å²) in [7, 11) is 0. The van der Waals surface area contributed by atoms with Crippen molar-refractivity contribution in [2.24, 2.45) is 0 Å². The molecule has 1 aromatic rings. The summed E-state index contributed by atoms with van der Waals surface area (Å²) in [6, 6.07) is 8.78. The first-order valence-corrected chi connectivity index (χ1v) is 7.08. The summed E-state index contributed by atoms with van der Waals surface area (Å²) in [5.74, 6) is 0.896. The van der Waals surface area contributed by atoms with E-state index >= 15 is 0 Å². The smallest absolute Gasteiger partial charge is 0.119 e. The zero-order chi connectivity index (χ0) is 13.7. The van der Waals surface area contributed by atoms with E-state index in [1.54, 1.807) is 0 Å². The Morgan fingerprint density at radius 1 is 1.37 bits per heavy atom. The molecule has 1 aliphatic heterocycles. The van der Waals surface area contributed by atoms with Gasteiger partial charge in [-0.05, 0) is 44.5 Å². The Morgan fingerprint density at radius 3 is 2.74 bits per heavy atom. The first-order valence-electron chi connectivity index (χ1n) is 7.08. The van der Waals surface area contributed by atoms with E-state index in [4.69, 9.17) is 4.74 Å². The number of aliphatic hydroxyl groups excluding tert-OH is 1. The normalized spacial score (nSPS) is 24.1. The average Bonchev–Trinajstić information content (AvgIpc) is 2.62. The van der Waals surface area contributed by atoms with Gasteiger partial charge in [0.1, 0.15) is 5.75 Å². The van der Waals surface area contributed by atoms with Gasteiger partial charge in [-0.2, -0.15) is 0 Å². The lowest BCUT2D eigenvalue weighted by Gasteiger charge is -2.30. The second-order valence-electron chi connectivity index (χ2n) is 5.05. The molecule has 1 saturated heterocycles. The molecule has 106 valence electrons. The van der Waals surface area contributed by atoms with Gasteiger partial charge in [-0.15, -0.1) is 0 Å². The van der Waals surface area contributed by atoms with E-state index in [2.05, 4.69) is 29.3 Å². The summed E-state index contributed by atoms with van der Waals surface area (Å²) in [5.41, 5.74) is 1.15. The molecular formula is C15H24N2O2. The third-order valence-corrected chi connectivity index (χ3v) is 3.64. The van der Waals surface area contributed by atoms with E-state index in [1.165, 1.54) is 0 Å². The Labute approximate surface area is 115 Å². The monoisotopic (exact) mass is 264 g/mol.